The average Bonchev–Trinajstić information content (AvgIpc) is 2.85. The van der Waals surface area contributed by atoms with Crippen LogP contribution >= 0.6 is 11.3 Å². The van der Waals surface area contributed by atoms with Crippen molar-refractivity contribution in [2.24, 2.45) is 0 Å². The van der Waals surface area contributed by atoms with Crippen molar-refractivity contribution in [3.63, 3.8) is 0 Å². The summed E-state index contributed by atoms with van der Waals surface area (Å²) in [7, 11) is 0. The van der Waals surface area contributed by atoms with Crippen molar-refractivity contribution in [2.45, 2.75) is 19.4 Å². The Labute approximate surface area is 124 Å². The minimum atomic E-state index is -0.956. The molecule has 2 N–H and O–H groups in total. The zero-order valence-electron chi connectivity index (χ0n) is 11.3. The van der Waals surface area contributed by atoms with Gasteiger partial charge in [-0.25, -0.2) is 13.8 Å². The summed E-state index contributed by atoms with van der Waals surface area (Å²) in [5, 5.41) is 12.4. The molecule has 1 unspecified atom stereocenters. The number of carbonyl (C=O) groups excluding carboxylic acids is 1. The number of aliphatic hydroxyl groups is 1. The van der Waals surface area contributed by atoms with Crippen LogP contribution in [0.4, 0.5) is 8.78 Å². The average molecular weight is 312 g/mol. The van der Waals surface area contributed by atoms with Crippen molar-refractivity contribution < 1.29 is 18.7 Å². The van der Waals surface area contributed by atoms with Crippen LogP contribution in [0, 0.1) is 18.6 Å². The molecule has 0 fully saturated rings. The molecule has 1 heterocycles. The van der Waals surface area contributed by atoms with Crippen LogP contribution in [-0.4, -0.2) is 28.6 Å². The lowest BCUT2D eigenvalue weighted by Gasteiger charge is -2.12. The van der Waals surface area contributed by atoms with Crippen molar-refractivity contribution in [3.8, 4) is 0 Å². The molecule has 0 aliphatic carbocycles. The predicted molar refractivity (Wildman–Crippen MR) is 75.3 cm³/mol. The van der Waals surface area contributed by atoms with Crippen LogP contribution in [0.15, 0.2) is 23.7 Å². The molecule has 0 radical (unpaired) electrons. The number of hydrogen-bond donors (Lipinski definition) is 2. The molecule has 21 heavy (non-hydrogen) atoms. The Morgan fingerprint density at radius 1 is 1.48 bits per heavy atom. The third kappa shape index (κ3) is 4.05. The van der Waals surface area contributed by atoms with Crippen molar-refractivity contribution in [3.05, 3.63) is 51.5 Å². The Kier molecular flexibility index (Phi) is 4.98. The van der Waals surface area contributed by atoms with Gasteiger partial charge in [-0.15, -0.1) is 11.3 Å². The number of nitrogens with zero attached hydrogens (tertiary/aromatic N) is 1. The number of aryl methyl sites for hydroxylation is 1. The van der Waals surface area contributed by atoms with Gasteiger partial charge in [0.05, 0.1) is 17.3 Å². The summed E-state index contributed by atoms with van der Waals surface area (Å²) in [4.78, 5) is 16.3. The van der Waals surface area contributed by atoms with Gasteiger partial charge in [0, 0.05) is 19.0 Å². The van der Waals surface area contributed by atoms with Gasteiger partial charge in [0.15, 0.2) is 0 Å². The molecule has 0 aliphatic heterocycles. The van der Waals surface area contributed by atoms with Gasteiger partial charge in [-0.3, -0.25) is 4.79 Å². The number of rotatable bonds is 5. The Bertz CT molecular complexity index is 646. The number of hydrogen-bond acceptors (Lipinski definition) is 4. The number of thiazole rings is 1. The van der Waals surface area contributed by atoms with Gasteiger partial charge in [0.25, 0.3) is 5.91 Å². The minimum Gasteiger partial charge on any atom is -0.391 e. The Hall–Kier alpha value is -1.86. The maximum Gasteiger partial charge on any atom is 0.263 e. The lowest BCUT2D eigenvalue weighted by atomic mass is 10.1. The highest BCUT2D eigenvalue weighted by atomic mass is 32.1. The summed E-state index contributed by atoms with van der Waals surface area (Å²) >= 11 is 1.21. The third-order valence-electron chi connectivity index (χ3n) is 2.92. The quantitative estimate of drug-likeness (QED) is 0.888. The largest absolute Gasteiger partial charge is 0.391 e. The summed E-state index contributed by atoms with van der Waals surface area (Å²) in [6.07, 6.45) is -0.962. The molecule has 2 aromatic rings. The summed E-state index contributed by atoms with van der Waals surface area (Å²) in [5.41, 5.74) is 2.39. The lowest BCUT2D eigenvalue weighted by molar-refractivity contribution is 0.0919. The topological polar surface area (TPSA) is 62.2 Å². The fraction of sp³-hybridized carbons (Fsp3) is 0.286. The van der Waals surface area contributed by atoms with Gasteiger partial charge in [0.2, 0.25) is 0 Å². The van der Waals surface area contributed by atoms with Gasteiger partial charge in [0.1, 0.15) is 16.5 Å². The molecule has 0 spiro atoms. The smallest absolute Gasteiger partial charge is 0.263 e. The molecule has 4 nitrogen and oxygen atoms in total. The normalized spacial score (nSPS) is 12.2. The van der Waals surface area contributed by atoms with E-state index in [1.54, 1.807) is 12.4 Å². The van der Waals surface area contributed by atoms with E-state index in [9.17, 15) is 18.7 Å². The summed E-state index contributed by atoms with van der Waals surface area (Å²) in [5.74, 6) is -1.70. The van der Waals surface area contributed by atoms with Crippen molar-refractivity contribution in [1.82, 2.24) is 10.3 Å². The molecule has 1 aromatic carbocycles. The van der Waals surface area contributed by atoms with Crippen LogP contribution in [0.5, 0.6) is 0 Å². The second kappa shape index (κ2) is 6.73. The molecule has 7 heteroatoms. The molecule has 1 atom stereocenters. The predicted octanol–water partition coefficient (Wildman–Crippen LogP) is 2.06. The van der Waals surface area contributed by atoms with Gasteiger partial charge < -0.3 is 10.4 Å². The fourth-order valence-electron chi connectivity index (χ4n) is 1.82. The van der Waals surface area contributed by atoms with E-state index in [2.05, 4.69) is 10.3 Å². The lowest BCUT2D eigenvalue weighted by Crippen LogP contribution is -2.33. The van der Waals surface area contributed by atoms with Gasteiger partial charge in [-0.1, -0.05) is 6.07 Å². The molecular formula is C14H14F2N2O2S. The van der Waals surface area contributed by atoms with Crippen molar-refractivity contribution >= 4 is 17.2 Å². The van der Waals surface area contributed by atoms with Gasteiger partial charge in [-0.2, -0.15) is 0 Å². The number of nitrogens with one attached hydrogen (secondary N) is 1. The van der Waals surface area contributed by atoms with E-state index in [1.807, 2.05) is 0 Å². The molecule has 0 saturated carbocycles. The monoisotopic (exact) mass is 312 g/mol. The van der Waals surface area contributed by atoms with E-state index >= 15 is 0 Å². The van der Waals surface area contributed by atoms with E-state index < -0.39 is 17.7 Å². The first-order valence-electron chi connectivity index (χ1n) is 6.27. The van der Waals surface area contributed by atoms with Crippen LogP contribution < -0.4 is 5.32 Å². The zero-order valence-corrected chi connectivity index (χ0v) is 12.1. The van der Waals surface area contributed by atoms with Crippen molar-refractivity contribution in [1.29, 1.82) is 0 Å². The van der Waals surface area contributed by atoms with Crippen molar-refractivity contribution in [2.75, 3.05) is 6.54 Å². The number of amides is 1. The van der Waals surface area contributed by atoms with E-state index in [0.29, 0.717) is 10.6 Å². The molecule has 0 saturated heterocycles. The first-order chi connectivity index (χ1) is 9.97. The number of aliphatic hydroxyl groups excluding tert-OH is 1. The number of benzene rings is 1. The third-order valence-corrected chi connectivity index (χ3v) is 3.85. The second-order valence-corrected chi connectivity index (χ2v) is 5.43. The molecule has 0 aliphatic rings. The summed E-state index contributed by atoms with van der Waals surface area (Å²) in [6.45, 7) is 1.70. The van der Waals surface area contributed by atoms with Crippen LogP contribution in [0.3, 0.4) is 0 Å². The Morgan fingerprint density at radius 2 is 2.24 bits per heavy atom. The second-order valence-electron chi connectivity index (χ2n) is 4.57. The van der Waals surface area contributed by atoms with Crippen LogP contribution in [0.1, 0.15) is 20.9 Å². The minimum absolute atomic E-state index is 0.00589. The standard InChI is InChI=1S/C14H14F2N2O2S/c1-8-13(21-7-18-8)14(20)17-6-11(19)4-9-2-3-10(15)5-12(9)16/h2-3,5,7,11,19H,4,6H2,1H3,(H,17,20). The SMILES string of the molecule is Cc1ncsc1C(=O)NCC(O)Cc1ccc(F)cc1F. The van der Waals surface area contributed by atoms with E-state index in [4.69, 9.17) is 0 Å². The molecular weight excluding hydrogens is 298 g/mol. The van der Waals surface area contributed by atoms with Gasteiger partial charge in [-0.05, 0) is 18.6 Å². The molecule has 0 bridgehead atoms. The van der Waals surface area contributed by atoms with E-state index in [0.717, 1.165) is 12.1 Å². The first kappa shape index (κ1) is 15.5. The Morgan fingerprint density at radius 3 is 2.86 bits per heavy atom. The maximum absolute atomic E-state index is 13.4. The highest BCUT2D eigenvalue weighted by molar-refractivity contribution is 7.11. The van der Waals surface area contributed by atoms with Gasteiger partial charge >= 0.3 is 0 Å². The van der Waals surface area contributed by atoms with E-state index in [-0.39, 0.29) is 24.4 Å². The number of halogens is 2. The maximum atomic E-state index is 13.4. The highest BCUT2D eigenvalue weighted by Gasteiger charge is 2.15. The summed E-state index contributed by atoms with van der Waals surface area (Å²) in [6, 6.07) is 3.18. The Balaban J connectivity index is 1.89. The molecule has 1 amide bonds. The zero-order chi connectivity index (χ0) is 15.4. The fourth-order valence-corrected chi connectivity index (χ4v) is 2.54. The van der Waals surface area contributed by atoms with E-state index in [1.165, 1.54) is 17.4 Å². The highest BCUT2D eigenvalue weighted by Crippen LogP contribution is 2.13. The number of aromatic nitrogens is 1. The van der Waals surface area contributed by atoms with Crippen LogP contribution in [0.2, 0.25) is 0 Å². The summed E-state index contributed by atoms with van der Waals surface area (Å²) < 4.78 is 26.2. The first-order valence-corrected chi connectivity index (χ1v) is 7.15. The van der Waals surface area contributed by atoms with Crippen LogP contribution in [0.25, 0.3) is 0 Å². The molecule has 112 valence electrons. The molecule has 1 aromatic heterocycles. The van der Waals surface area contributed by atoms with Crippen LogP contribution in [-0.2, 0) is 6.42 Å². The number of carbonyl (C=O) groups is 1. The molecule has 2 rings (SSSR count).